The van der Waals surface area contributed by atoms with E-state index in [1.807, 2.05) is 41.5 Å². The van der Waals surface area contributed by atoms with Crippen molar-refractivity contribution >= 4 is 68.4 Å². The number of carbonyl (C=O) groups excluding carboxylic acids is 6. The van der Waals surface area contributed by atoms with Crippen molar-refractivity contribution in [3.05, 3.63) is 34.9 Å². The standard InChI is InChI=1S/C24H27N3O6S3/c1-22(2)13(19(31)34-22)26-17(29)11-7-10(16(25)28)8-12(9-11)18(30)27(14-20(32)35-23(14,3)4)15-21(33)36-24(15,5)6/h7-9,13-15H,1-6H3,(H2,25,28)(H,26,29). The molecular formula is C24H27N3O6S3. The molecule has 3 saturated heterocycles. The summed E-state index contributed by atoms with van der Waals surface area (Å²) in [5.41, 5.74) is 5.33. The Labute approximate surface area is 221 Å². The fourth-order valence-corrected chi connectivity index (χ4v) is 8.15. The second-order valence-corrected chi connectivity index (χ2v) is 15.6. The van der Waals surface area contributed by atoms with Crippen molar-refractivity contribution in [3.8, 4) is 0 Å². The van der Waals surface area contributed by atoms with E-state index >= 15 is 0 Å². The molecule has 0 spiro atoms. The van der Waals surface area contributed by atoms with Gasteiger partial charge >= 0.3 is 0 Å². The van der Waals surface area contributed by atoms with Crippen molar-refractivity contribution in [1.82, 2.24) is 10.2 Å². The lowest BCUT2D eigenvalue weighted by atomic mass is 9.92. The zero-order valence-electron chi connectivity index (χ0n) is 20.7. The van der Waals surface area contributed by atoms with Gasteiger partial charge in [-0.1, -0.05) is 35.3 Å². The smallest absolute Gasteiger partial charge is 0.255 e. The minimum absolute atomic E-state index is 0.0303. The zero-order valence-corrected chi connectivity index (χ0v) is 23.1. The molecule has 12 heteroatoms. The van der Waals surface area contributed by atoms with Gasteiger partial charge in [-0.05, 0) is 59.7 Å². The van der Waals surface area contributed by atoms with Crippen LogP contribution in [0.15, 0.2) is 18.2 Å². The van der Waals surface area contributed by atoms with Crippen LogP contribution in [0.1, 0.15) is 72.6 Å². The number of hydrogen-bond donors (Lipinski definition) is 2. The molecule has 4 rings (SSSR count). The predicted molar refractivity (Wildman–Crippen MR) is 140 cm³/mol. The summed E-state index contributed by atoms with van der Waals surface area (Å²) in [7, 11) is 0. The lowest BCUT2D eigenvalue weighted by molar-refractivity contribution is -0.124. The number of primary amides is 1. The molecule has 3 aliphatic heterocycles. The van der Waals surface area contributed by atoms with Crippen molar-refractivity contribution in [1.29, 1.82) is 0 Å². The second kappa shape index (κ2) is 8.63. The van der Waals surface area contributed by atoms with Crippen LogP contribution < -0.4 is 11.1 Å². The first-order valence-corrected chi connectivity index (χ1v) is 13.7. The highest BCUT2D eigenvalue weighted by molar-refractivity contribution is 8.17. The molecular weight excluding hydrogens is 522 g/mol. The van der Waals surface area contributed by atoms with Gasteiger partial charge in [-0.3, -0.25) is 28.8 Å². The third-order valence-electron chi connectivity index (χ3n) is 6.58. The number of nitrogens with two attached hydrogens (primary N) is 1. The van der Waals surface area contributed by atoms with Gasteiger partial charge < -0.3 is 16.0 Å². The summed E-state index contributed by atoms with van der Waals surface area (Å²) >= 11 is 3.31. The number of hydrogen-bond acceptors (Lipinski definition) is 9. The minimum Gasteiger partial charge on any atom is -0.366 e. The molecule has 3 heterocycles. The van der Waals surface area contributed by atoms with Gasteiger partial charge in [-0.2, -0.15) is 0 Å². The Balaban J connectivity index is 1.74. The molecule has 0 bridgehead atoms. The average Bonchev–Trinajstić information content (AvgIpc) is 2.74. The van der Waals surface area contributed by atoms with E-state index in [1.165, 1.54) is 23.1 Å². The molecule has 9 nitrogen and oxygen atoms in total. The van der Waals surface area contributed by atoms with Gasteiger partial charge in [-0.25, -0.2) is 0 Å². The molecule has 0 radical (unpaired) electrons. The Kier molecular flexibility index (Phi) is 6.41. The lowest BCUT2D eigenvalue weighted by Crippen LogP contribution is -2.71. The maximum absolute atomic E-state index is 13.9. The Bertz CT molecular complexity index is 1210. The Morgan fingerprint density at radius 1 is 0.750 bits per heavy atom. The average molecular weight is 550 g/mol. The first-order chi connectivity index (χ1) is 16.5. The molecule has 0 saturated carbocycles. The maximum atomic E-state index is 13.9. The molecule has 1 aromatic carbocycles. The number of thioether (sulfide) groups is 3. The summed E-state index contributed by atoms with van der Waals surface area (Å²) in [6, 6.07) is 1.37. The topological polar surface area (TPSA) is 144 Å². The van der Waals surface area contributed by atoms with E-state index in [9.17, 15) is 28.8 Å². The summed E-state index contributed by atoms with van der Waals surface area (Å²) in [6.45, 7) is 10.9. The van der Waals surface area contributed by atoms with Crippen LogP contribution in [0.3, 0.4) is 0 Å². The molecule has 3 fully saturated rings. The van der Waals surface area contributed by atoms with E-state index in [0.29, 0.717) is 0 Å². The van der Waals surface area contributed by atoms with Crippen molar-refractivity contribution < 1.29 is 28.8 Å². The van der Waals surface area contributed by atoms with Crippen LogP contribution in [0.4, 0.5) is 0 Å². The van der Waals surface area contributed by atoms with E-state index in [1.54, 1.807) is 0 Å². The number of amides is 3. The molecule has 3 atom stereocenters. The van der Waals surface area contributed by atoms with Gasteiger partial charge in [0.15, 0.2) is 0 Å². The van der Waals surface area contributed by atoms with Crippen LogP contribution in [0.2, 0.25) is 0 Å². The van der Waals surface area contributed by atoms with E-state index in [4.69, 9.17) is 5.73 Å². The van der Waals surface area contributed by atoms with Gasteiger partial charge in [0.2, 0.25) is 21.3 Å². The highest BCUT2D eigenvalue weighted by Gasteiger charge is 2.61. The number of nitrogens with zero attached hydrogens (tertiary/aromatic N) is 1. The van der Waals surface area contributed by atoms with Crippen LogP contribution in [0, 0.1) is 0 Å². The molecule has 1 aromatic rings. The molecule has 3 aliphatic rings. The van der Waals surface area contributed by atoms with Gasteiger partial charge in [0, 0.05) is 30.9 Å². The normalized spacial score (nSPS) is 27.3. The third kappa shape index (κ3) is 4.37. The van der Waals surface area contributed by atoms with Crippen molar-refractivity contribution in [3.63, 3.8) is 0 Å². The molecule has 36 heavy (non-hydrogen) atoms. The molecule has 0 aromatic heterocycles. The highest BCUT2D eigenvalue weighted by Crippen LogP contribution is 2.52. The van der Waals surface area contributed by atoms with Gasteiger partial charge in [0.25, 0.3) is 11.8 Å². The summed E-state index contributed by atoms with van der Waals surface area (Å²) in [4.78, 5) is 77.7. The minimum atomic E-state index is -0.857. The summed E-state index contributed by atoms with van der Waals surface area (Å²) < 4.78 is -1.75. The van der Waals surface area contributed by atoms with Crippen LogP contribution in [0.5, 0.6) is 0 Å². The van der Waals surface area contributed by atoms with E-state index in [-0.39, 0.29) is 32.0 Å². The first kappa shape index (κ1) is 26.7. The van der Waals surface area contributed by atoms with E-state index in [0.717, 1.165) is 35.3 Å². The predicted octanol–water partition coefficient (Wildman–Crippen LogP) is 2.22. The van der Waals surface area contributed by atoms with Crippen molar-refractivity contribution in [2.75, 3.05) is 0 Å². The maximum Gasteiger partial charge on any atom is 0.255 e. The number of nitrogens with one attached hydrogen (secondary N) is 1. The third-order valence-corrected chi connectivity index (χ3v) is 10.1. The quantitative estimate of drug-likeness (QED) is 0.546. The van der Waals surface area contributed by atoms with Gasteiger partial charge in [-0.15, -0.1) is 0 Å². The van der Waals surface area contributed by atoms with Crippen LogP contribution in [0.25, 0.3) is 0 Å². The van der Waals surface area contributed by atoms with E-state index in [2.05, 4.69) is 5.32 Å². The number of benzene rings is 1. The van der Waals surface area contributed by atoms with Crippen LogP contribution >= 0.6 is 35.3 Å². The summed E-state index contributed by atoms with van der Waals surface area (Å²) in [5.74, 6) is -2.15. The SMILES string of the molecule is CC1(C)SC(=O)C1NC(=O)c1cc(C(N)=O)cc(C(=O)N(C2C(=O)SC2(C)C)C2C(=O)SC2(C)C)c1. The van der Waals surface area contributed by atoms with Gasteiger partial charge in [0.05, 0.1) is 0 Å². The zero-order chi connectivity index (χ0) is 27.0. The van der Waals surface area contributed by atoms with Crippen LogP contribution in [-0.2, 0) is 14.4 Å². The summed E-state index contributed by atoms with van der Waals surface area (Å²) in [5, 5.41) is 2.01. The molecule has 192 valence electrons. The molecule has 3 N–H and O–H groups in total. The van der Waals surface area contributed by atoms with E-state index < -0.39 is 50.1 Å². The van der Waals surface area contributed by atoms with Crippen LogP contribution in [-0.4, -0.2) is 70.3 Å². The Morgan fingerprint density at radius 2 is 1.19 bits per heavy atom. The summed E-state index contributed by atoms with van der Waals surface area (Å²) in [6.07, 6.45) is 0. The fourth-order valence-electron chi connectivity index (χ4n) is 4.70. The molecule has 3 unspecified atom stereocenters. The molecule has 3 amide bonds. The van der Waals surface area contributed by atoms with Crippen molar-refractivity contribution in [2.45, 2.75) is 73.9 Å². The highest BCUT2D eigenvalue weighted by atomic mass is 32.2. The lowest BCUT2D eigenvalue weighted by Gasteiger charge is -2.55. The van der Waals surface area contributed by atoms with Crippen molar-refractivity contribution in [2.24, 2.45) is 5.73 Å². The second-order valence-electron chi connectivity index (χ2n) is 10.7. The van der Waals surface area contributed by atoms with Gasteiger partial charge in [0.1, 0.15) is 18.1 Å². The number of carbonyl (C=O) groups is 6. The Hall–Kier alpha value is -2.31. The fraction of sp³-hybridized carbons (Fsp3) is 0.500. The number of rotatable bonds is 6. The largest absolute Gasteiger partial charge is 0.366 e. The molecule has 0 aliphatic carbocycles. The monoisotopic (exact) mass is 549 g/mol. The Morgan fingerprint density at radius 3 is 1.58 bits per heavy atom. The first-order valence-electron chi connectivity index (χ1n) is 11.2.